The van der Waals surface area contributed by atoms with Gasteiger partial charge in [0.25, 0.3) is 0 Å². The summed E-state index contributed by atoms with van der Waals surface area (Å²) in [5, 5.41) is 6.23. The summed E-state index contributed by atoms with van der Waals surface area (Å²) < 4.78 is 0. The molecule has 1 fully saturated rings. The van der Waals surface area contributed by atoms with E-state index in [-0.39, 0.29) is 5.91 Å². The smallest absolute Gasteiger partial charge is 0.238 e. The van der Waals surface area contributed by atoms with Gasteiger partial charge in [0.15, 0.2) is 0 Å². The molecule has 1 aliphatic rings. The van der Waals surface area contributed by atoms with E-state index in [1.54, 1.807) is 0 Å². The second-order valence-electron chi connectivity index (χ2n) is 4.67. The summed E-state index contributed by atoms with van der Waals surface area (Å²) in [6, 6.07) is 6.70. The van der Waals surface area contributed by atoms with Crippen LogP contribution in [0.2, 0.25) is 0 Å². The van der Waals surface area contributed by atoms with Crippen LogP contribution in [-0.4, -0.2) is 18.5 Å². The highest BCUT2D eigenvalue weighted by Gasteiger charge is 2.21. The number of para-hydroxylation sites is 1. The van der Waals surface area contributed by atoms with Crippen molar-refractivity contribution >= 4 is 11.6 Å². The molecule has 0 heterocycles. The number of aryl methyl sites for hydroxylation is 2. The van der Waals surface area contributed by atoms with Crippen molar-refractivity contribution in [2.75, 3.05) is 11.9 Å². The first-order valence-electron chi connectivity index (χ1n) is 6.32. The third kappa shape index (κ3) is 3.30. The number of carbonyl (C=O) groups excluding carboxylic acids is 1. The van der Waals surface area contributed by atoms with E-state index in [4.69, 9.17) is 0 Å². The van der Waals surface area contributed by atoms with Gasteiger partial charge in [-0.3, -0.25) is 4.79 Å². The number of rotatable bonds is 5. The molecule has 0 unspecified atom stereocenters. The number of anilines is 1. The van der Waals surface area contributed by atoms with Gasteiger partial charge >= 0.3 is 0 Å². The molecule has 1 aromatic rings. The van der Waals surface area contributed by atoms with Crippen molar-refractivity contribution in [3.8, 4) is 0 Å². The van der Waals surface area contributed by atoms with Crippen molar-refractivity contribution in [3.05, 3.63) is 29.3 Å². The third-order valence-electron chi connectivity index (χ3n) is 3.13. The second-order valence-corrected chi connectivity index (χ2v) is 4.67. The first-order valence-corrected chi connectivity index (χ1v) is 6.32. The molecule has 1 aromatic carbocycles. The highest BCUT2D eigenvalue weighted by molar-refractivity contribution is 5.93. The van der Waals surface area contributed by atoms with Crippen molar-refractivity contribution < 1.29 is 4.79 Å². The third-order valence-corrected chi connectivity index (χ3v) is 3.13. The predicted molar refractivity (Wildman–Crippen MR) is 70.2 cm³/mol. The first kappa shape index (κ1) is 12.1. The van der Waals surface area contributed by atoms with Crippen LogP contribution < -0.4 is 10.6 Å². The van der Waals surface area contributed by atoms with Gasteiger partial charge in [0.05, 0.1) is 6.54 Å². The minimum absolute atomic E-state index is 0.0564. The molecule has 92 valence electrons. The standard InChI is InChI=1S/C14H20N2O/c1-3-11-6-4-5-10(2)14(11)16-13(17)9-15-12-7-8-12/h4-6,12,15H,3,7-9H2,1-2H3,(H,16,17). The lowest BCUT2D eigenvalue weighted by Gasteiger charge is -2.13. The van der Waals surface area contributed by atoms with Crippen LogP contribution in [0.3, 0.4) is 0 Å². The highest BCUT2D eigenvalue weighted by Crippen LogP contribution is 2.21. The monoisotopic (exact) mass is 232 g/mol. The fourth-order valence-electron chi connectivity index (χ4n) is 1.91. The number of nitrogens with one attached hydrogen (secondary N) is 2. The summed E-state index contributed by atoms with van der Waals surface area (Å²) in [4.78, 5) is 11.8. The lowest BCUT2D eigenvalue weighted by atomic mass is 10.1. The average Bonchev–Trinajstić information content (AvgIpc) is 3.13. The number of hydrogen-bond donors (Lipinski definition) is 2. The molecule has 0 aromatic heterocycles. The minimum atomic E-state index is 0.0564. The Balaban J connectivity index is 1.98. The number of carbonyl (C=O) groups is 1. The predicted octanol–water partition coefficient (Wildman–Crippen LogP) is 2.25. The average molecular weight is 232 g/mol. The van der Waals surface area contributed by atoms with Crippen LogP contribution in [0.5, 0.6) is 0 Å². The summed E-state index contributed by atoms with van der Waals surface area (Å²) in [5.74, 6) is 0.0564. The van der Waals surface area contributed by atoms with Crippen LogP contribution in [0.4, 0.5) is 5.69 Å². The Hall–Kier alpha value is -1.35. The maximum Gasteiger partial charge on any atom is 0.238 e. The molecule has 0 aliphatic heterocycles. The molecule has 1 amide bonds. The lowest BCUT2D eigenvalue weighted by molar-refractivity contribution is -0.115. The second kappa shape index (κ2) is 5.32. The molecule has 3 heteroatoms. The molecule has 2 N–H and O–H groups in total. The topological polar surface area (TPSA) is 41.1 Å². The minimum Gasteiger partial charge on any atom is -0.324 e. The highest BCUT2D eigenvalue weighted by atomic mass is 16.1. The van der Waals surface area contributed by atoms with Gasteiger partial charge in [-0.1, -0.05) is 25.1 Å². The van der Waals surface area contributed by atoms with Gasteiger partial charge in [-0.15, -0.1) is 0 Å². The number of benzene rings is 1. The van der Waals surface area contributed by atoms with Crippen LogP contribution >= 0.6 is 0 Å². The SMILES string of the molecule is CCc1cccc(C)c1NC(=O)CNC1CC1. The van der Waals surface area contributed by atoms with Gasteiger partial charge < -0.3 is 10.6 Å². The summed E-state index contributed by atoms with van der Waals surface area (Å²) in [6.45, 7) is 4.55. The molecule has 17 heavy (non-hydrogen) atoms. The quantitative estimate of drug-likeness (QED) is 0.817. The van der Waals surface area contributed by atoms with E-state index < -0.39 is 0 Å². The zero-order valence-corrected chi connectivity index (χ0v) is 10.5. The largest absolute Gasteiger partial charge is 0.324 e. The Morgan fingerprint density at radius 3 is 2.82 bits per heavy atom. The van der Waals surface area contributed by atoms with E-state index in [1.165, 1.54) is 18.4 Å². The van der Waals surface area contributed by atoms with Gasteiger partial charge in [-0.05, 0) is 37.3 Å². The van der Waals surface area contributed by atoms with E-state index in [2.05, 4.69) is 23.6 Å². The number of amides is 1. The zero-order chi connectivity index (χ0) is 12.3. The van der Waals surface area contributed by atoms with Gasteiger partial charge in [-0.2, -0.15) is 0 Å². The van der Waals surface area contributed by atoms with Gasteiger partial charge in [0.1, 0.15) is 0 Å². The molecule has 0 radical (unpaired) electrons. The molecule has 2 rings (SSSR count). The van der Waals surface area contributed by atoms with Crippen LogP contribution in [-0.2, 0) is 11.2 Å². The van der Waals surface area contributed by atoms with Crippen molar-refractivity contribution in [2.45, 2.75) is 39.2 Å². The maximum atomic E-state index is 11.8. The normalized spacial score (nSPS) is 14.7. The van der Waals surface area contributed by atoms with Gasteiger partial charge in [-0.25, -0.2) is 0 Å². The van der Waals surface area contributed by atoms with E-state index in [0.717, 1.165) is 17.7 Å². The zero-order valence-electron chi connectivity index (χ0n) is 10.5. The van der Waals surface area contributed by atoms with E-state index in [0.29, 0.717) is 12.6 Å². The summed E-state index contributed by atoms with van der Waals surface area (Å²) in [5.41, 5.74) is 3.31. The summed E-state index contributed by atoms with van der Waals surface area (Å²) >= 11 is 0. The molecule has 3 nitrogen and oxygen atoms in total. The van der Waals surface area contributed by atoms with Crippen molar-refractivity contribution in [1.82, 2.24) is 5.32 Å². The van der Waals surface area contributed by atoms with Gasteiger partial charge in [0.2, 0.25) is 5.91 Å². The van der Waals surface area contributed by atoms with Crippen LogP contribution in [0.1, 0.15) is 30.9 Å². The Labute approximate surface area is 103 Å². The van der Waals surface area contributed by atoms with E-state index >= 15 is 0 Å². The van der Waals surface area contributed by atoms with Crippen molar-refractivity contribution in [2.24, 2.45) is 0 Å². The van der Waals surface area contributed by atoms with E-state index in [1.807, 2.05) is 19.1 Å². The molecule has 0 spiro atoms. The first-order chi connectivity index (χ1) is 8.20. The van der Waals surface area contributed by atoms with Crippen LogP contribution in [0.25, 0.3) is 0 Å². The molecular weight excluding hydrogens is 212 g/mol. The van der Waals surface area contributed by atoms with Crippen LogP contribution in [0, 0.1) is 6.92 Å². The number of hydrogen-bond acceptors (Lipinski definition) is 2. The van der Waals surface area contributed by atoms with Crippen molar-refractivity contribution in [3.63, 3.8) is 0 Å². The Kier molecular flexibility index (Phi) is 3.79. The Morgan fingerprint density at radius 1 is 1.41 bits per heavy atom. The molecule has 1 aliphatic carbocycles. The van der Waals surface area contributed by atoms with Gasteiger partial charge in [0, 0.05) is 11.7 Å². The molecule has 1 saturated carbocycles. The molecule has 0 atom stereocenters. The fraction of sp³-hybridized carbons (Fsp3) is 0.500. The molecule has 0 saturated heterocycles. The maximum absolute atomic E-state index is 11.8. The van der Waals surface area contributed by atoms with E-state index in [9.17, 15) is 4.79 Å². The summed E-state index contributed by atoms with van der Waals surface area (Å²) in [7, 11) is 0. The van der Waals surface area contributed by atoms with Crippen molar-refractivity contribution in [1.29, 1.82) is 0 Å². The molecular formula is C14H20N2O. The Bertz CT molecular complexity index is 411. The Morgan fingerprint density at radius 2 is 2.18 bits per heavy atom. The lowest BCUT2D eigenvalue weighted by Crippen LogP contribution is -2.30. The summed E-state index contributed by atoms with van der Waals surface area (Å²) in [6.07, 6.45) is 3.35. The molecule has 0 bridgehead atoms. The van der Waals surface area contributed by atoms with Crippen LogP contribution in [0.15, 0.2) is 18.2 Å². The fourth-order valence-corrected chi connectivity index (χ4v) is 1.91.